The molecule has 36 heavy (non-hydrogen) atoms. The fraction of sp³-hybridized carbons (Fsp3) is 0.296. The predicted octanol–water partition coefficient (Wildman–Crippen LogP) is 3.24. The van der Waals surface area contributed by atoms with Crippen molar-refractivity contribution in [3.63, 3.8) is 0 Å². The van der Waals surface area contributed by atoms with E-state index in [4.69, 9.17) is 19.2 Å². The van der Waals surface area contributed by atoms with Crippen molar-refractivity contribution in [3.8, 4) is 17.2 Å². The van der Waals surface area contributed by atoms with Gasteiger partial charge in [0.1, 0.15) is 12.4 Å². The molecule has 0 fully saturated rings. The highest BCUT2D eigenvalue weighted by Crippen LogP contribution is 2.38. The fourth-order valence-corrected chi connectivity index (χ4v) is 3.92. The number of nitrogens with zero attached hydrogens (tertiary/aromatic N) is 3. The van der Waals surface area contributed by atoms with E-state index < -0.39 is 0 Å². The molecule has 0 aliphatic carbocycles. The zero-order valence-electron chi connectivity index (χ0n) is 21.0. The fourth-order valence-electron chi connectivity index (χ4n) is 3.92. The average Bonchev–Trinajstić information content (AvgIpc) is 3.24. The van der Waals surface area contributed by atoms with Crippen molar-refractivity contribution in [2.75, 3.05) is 41.0 Å². The van der Waals surface area contributed by atoms with Crippen LogP contribution in [0, 0.1) is 0 Å². The summed E-state index contributed by atoms with van der Waals surface area (Å²) in [5.41, 5.74) is 2.02. The van der Waals surface area contributed by atoms with Crippen LogP contribution in [0.4, 0.5) is 0 Å². The Labute approximate surface area is 211 Å². The largest absolute Gasteiger partial charge is 0.493 e. The van der Waals surface area contributed by atoms with E-state index in [-0.39, 0.29) is 18.4 Å². The normalized spacial score (nSPS) is 10.5. The van der Waals surface area contributed by atoms with Crippen LogP contribution in [0.3, 0.4) is 0 Å². The highest BCUT2D eigenvalue weighted by molar-refractivity contribution is 5.95. The molecule has 0 spiro atoms. The van der Waals surface area contributed by atoms with Crippen LogP contribution in [0.15, 0.2) is 61.7 Å². The molecular formula is C27H32N4O5. The van der Waals surface area contributed by atoms with Crippen molar-refractivity contribution in [3.05, 3.63) is 73.1 Å². The summed E-state index contributed by atoms with van der Waals surface area (Å²) in [5.74, 6) is 1.54. The van der Waals surface area contributed by atoms with Gasteiger partial charge in [-0.1, -0.05) is 24.3 Å². The smallest absolute Gasteiger partial charge is 0.251 e. The second-order valence-corrected chi connectivity index (χ2v) is 7.90. The molecule has 0 radical (unpaired) electrons. The van der Waals surface area contributed by atoms with Gasteiger partial charge in [-0.15, -0.1) is 13.2 Å². The van der Waals surface area contributed by atoms with Crippen molar-refractivity contribution in [1.29, 1.82) is 0 Å². The van der Waals surface area contributed by atoms with E-state index in [2.05, 4.69) is 18.5 Å². The highest BCUT2D eigenvalue weighted by atomic mass is 16.5. The minimum atomic E-state index is -0.295. The monoisotopic (exact) mass is 492 g/mol. The van der Waals surface area contributed by atoms with Gasteiger partial charge in [0, 0.05) is 31.6 Å². The molecule has 1 heterocycles. The number of benzene rings is 2. The van der Waals surface area contributed by atoms with Crippen molar-refractivity contribution in [1.82, 2.24) is 19.8 Å². The van der Waals surface area contributed by atoms with Crippen molar-refractivity contribution in [2.45, 2.75) is 13.0 Å². The lowest BCUT2D eigenvalue weighted by Crippen LogP contribution is -2.34. The Hall–Kier alpha value is -4.27. The Balaban J connectivity index is 1.78. The molecule has 0 atom stereocenters. The first-order chi connectivity index (χ1) is 17.5. The number of fused-ring (bicyclic) bond motifs is 1. The summed E-state index contributed by atoms with van der Waals surface area (Å²) in [5, 5.41) is 2.91. The molecule has 190 valence electrons. The molecule has 9 heteroatoms. The van der Waals surface area contributed by atoms with Crippen molar-refractivity contribution in [2.24, 2.45) is 0 Å². The minimum Gasteiger partial charge on any atom is -0.493 e. The quantitative estimate of drug-likeness (QED) is 0.368. The number of aromatic nitrogens is 2. The topological polar surface area (TPSA) is 94.9 Å². The third kappa shape index (κ3) is 5.86. The first kappa shape index (κ1) is 26.3. The molecule has 1 aromatic heterocycles. The highest BCUT2D eigenvalue weighted by Gasteiger charge is 2.19. The average molecular weight is 493 g/mol. The number of hydrogen-bond donors (Lipinski definition) is 1. The first-order valence-electron chi connectivity index (χ1n) is 11.5. The Morgan fingerprint density at radius 3 is 2.25 bits per heavy atom. The van der Waals surface area contributed by atoms with Crippen molar-refractivity contribution >= 4 is 22.8 Å². The summed E-state index contributed by atoms with van der Waals surface area (Å²) >= 11 is 0. The van der Waals surface area contributed by atoms with Crippen molar-refractivity contribution < 1.29 is 23.8 Å². The number of carbonyl (C=O) groups excluding carboxylic acids is 2. The molecule has 3 aromatic rings. The second kappa shape index (κ2) is 12.4. The lowest BCUT2D eigenvalue weighted by molar-refractivity contribution is -0.130. The standard InChI is InChI=1S/C27H32N4O5/c1-6-14-30(15-7-2)25(32)18-31-21-11-9-8-10-20(21)29-24(31)12-13-28-27(33)19-16-22(34-3)26(36-5)23(17-19)35-4/h6-11,16-17H,1-2,12-15,18H2,3-5H3,(H,28,33). The van der Waals surface area contributed by atoms with Crippen LogP contribution in [0.5, 0.6) is 17.2 Å². The zero-order valence-corrected chi connectivity index (χ0v) is 21.0. The summed E-state index contributed by atoms with van der Waals surface area (Å²) in [7, 11) is 4.50. The molecule has 0 unspecified atom stereocenters. The van der Waals surface area contributed by atoms with Gasteiger partial charge >= 0.3 is 0 Å². The third-order valence-corrected chi connectivity index (χ3v) is 5.64. The van der Waals surface area contributed by atoms with E-state index in [0.29, 0.717) is 54.7 Å². The Bertz CT molecular complexity index is 1220. The van der Waals surface area contributed by atoms with Crippen LogP contribution in [0.25, 0.3) is 11.0 Å². The number of hydrogen-bond acceptors (Lipinski definition) is 6. The molecule has 0 aliphatic rings. The third-order valence-electron chi connectivity index (χ3n) is 5.64. The summed E-state index contributed by atoms with van der Waals surface area (Å²) in [6.07, 6.45) is 3.81. The number of nitrogens with one attached hydrogen (secondary N) is 1. The van der Waals surface area contributed by atoms with Gasteiger partial charge in [-0.25, -0.2) is 4.98 Å². The van der Waals surface area contributed by atoms with Gasteiger partial charge in [0.25, 0.3) is 5.91 Å². The number of amides is 2. The SMILES string of the molecule is C=CCN(CC=C)C(=O)Cn1c(CCNC(=O)c2cc(OC)c(OC)c(OC)c2)nc2ccccc21. The molecule has 0 saturated carbocycles. The molecule has 2 amide bonds. The number of ether oxygens (including phenoxy) is 3. The van der Waals surface area contributed by atoms with Gasteiger partial charge in [-0.3, -0.25) is 9.59 Å². The Kier molecular flexibility index (Phi) is 9.10. The Morgan fingerprint density at radius 1 is 1.03 bits per heavy atom. The first-order valence-corrected chi connectivity index (χ1v) is 11.5. The molecule has 2 aromatic carbocycles. The molecule has 0 aliphatic heterocycles. The van der Waals surface area contributed by atoms with Gasteiger partial charge < -0.3 is 29.0 Å². The lowest BCUT2D eigenvalue weighted by atomic mass is 10.1. The predicted molar refractivity (Wildman–Crippen MR) is 139 cm³/mol. The van der Waals surface area contributed by atoms with Gasteiger partial charge in [0.05, 0.1) is 32.4 Å². The zero-order chi connectivity index (χ0) is 26.1. The summed E-state index contributed by atoms with van der Waals surface area (Å²) in [4.78, 5) is 32.3. The molecule has 3 rings (SSSR count). The Morgan fingerprint density at radius 2 is 1.67 bits per heavy atom. The van der Waals surface area contributed by atoms with Crippen LogP contribution in [0.2, 0.25) is 0 Å². The van der Waals surface area contributed by atoms with Crippen LogP contribution in [-0.2, 0) is 17.8 Å². The molecule has 0 saturated heterocycles. The van der Waals surface area contributed by atoms with Gasteiger partial charge in [-0.2, -0.15) is 0 Å². The molecule has 9 nitrogen and oxygen atoms in total. The number of para-hydroxylation sites is 2. The molecule has 0 bridgehead atoms. The maximum Gasteiger partial charge on any atom is 0.251 e. The maximum absolute atomic E-state index is 13.0. The van der Waals surface area contributed by atoms with Gasteiger partial charge in [0.15, 0.2) is 11.5 Å². The van der Waals surface area contributed by atoms with Crippen LogP contribution in [0.1, 0.15) is 16.2 Å². The van der Waals surface area contributed by atoms with Gasteiger partial charge in [-0.05, 0) is 24.3 Å². The minimum absolute atomic E-state index is 0.0688. The van der Waals surface area contributed by atoms with E-state index in [9.17, 15) is 9.59 Å². The van der Waals surface area contributed by atoms with Crippen LogP contribution in [-0.4, -0.2) is 67.2 Å². The molecular weight excluding hydrogens is 460 g/mol. The van der Waals surface area contributed by atoms with E-state index in [1.165, 1.54) is 21.3 Å². The second-order valence-electron chi connectivity index (χ2n) is 7.90. The van der Waals surface area contributed by atoms with Crippen LogP contribution < -0.4 is 19.5 Å². The van der Waals surface area contributed by atoms with Crippen LogP contribution >= 0.6 is 0 Å². The number of carbonyl (C=O) groups is 2. The number of rotatable bonds is 13. The summed E-state index contributed by atoms with van der Waals surface area (Å²) < 4.78 is 17.9. The maximum atomic E-state index is 13.0. The van der Waals surface area contributed by atoms with E-state index in [0.717, 1.165) is 11.0 Å². The lowest BCUT2D eigenvalue weighted by Gasteiger charge is -2.20. The van der Waals surface area contributed by atoms with E-state index in [1.54, 1.807) is 29.2 Å². The molecule has 1 N–H and O–H groups in total. The summed E-state index contributed by atoms with van der Waals surface area (Å²) in [6.45, 7) is 8.76. The number of methoxy groups -OCH3 is 3. The van der Waals surface area contributed by atoms with E-state index in [1.807, 2.05) is 28.8 Å². The van der Waals surface area contributed by atoms with E-state index >= 15 is 0 Å². The summed E-state index contributed by atoms with van der Waals surface area (Å²) in [6, 6.07) is 10.8. The number of imidazole rings is 1. The van der Waals surface area contributed by atoms with Gasteiger partial charge in [0.2, 0.25) is 11.7 Å².